The van der Waals surface area contributed by atoms with Crippen LogP contribution in [-0.4, -0.2) is 37.4 Å². The standard InChI is InChI=1S/C13H23NO3/c15-10-13(5-1-6-13)12(16)14-7-2-11-3-8-17-9-4-11/h11,15H,1-10H2,(H,14,16). The van der Waals surface area contributed by atoms with E-state index in [2.05, 4.69) is 5.32 Å². The molecule has 1 saturated carbocycles. The number of ether oxygens (including phenoxy) is 1. The van der Waals surface area contributed by atoms with Gasteiger partial charge in [-0.2, -0.15) is 0 Å². The molecule has 1 saturated heterocycles. The molecule has 0 radical (unpaired) electrons. The van der Waals surface area contributed by atoms with Crippen molar-refractivity contribution in [2.75, 3.05) is 26.4 Å². The summed E-state index contributed by atoms with van der Waals surface area (Å²) in [6.45, 7) is 2.46. The lowest BCUT2D eigenvalue weighted by molar-refractivity contribution is -0.139. The number of rotatable bonds is 5. The van der Waals surface area contributed by atoms with Gasteiger partial charge in [-0.1, -0.05) is 6.42 Å². The van der Waals surface area contributed by atoms with Crippen LogP contribution in [0.4, 0.5) is 0 Å². The second-order valence-corrected chi connectivity index (χ2v) is 5.39. The summed E-state index contributed by atoms with van der Waals surface area (Å²) < 4.78 is 5.30. The molecule has 0 aromatic rings. The van der Waals surface area contributed by atoms with Crippen molar-refractivity contribution in [3.8, 4) is 0 Å². The van der Waals surface area contributed by atoms with Gasteiger partial charge in [-0.05, 0) is 38.0 Å². The first-order valence-electron chi connectivity index (χ1n) is 6.74. The molecule has 1 aliphatic carbocycles. The Morgan fingerprint density at radius 1 is 1.35 bits per heavy atom. The molecule has 1 aliphatic heterocycles. The lowest BCUT2D eigenvalue weighted by Gasteiger charge is -2.38. The summed E-state index contributed by atoms with van der Waals surface area (Å²) in [5.74, 6) is 0.744. The molecule has 0 aromatic carbocycles. The monoisotopic (exact) mass is 241 g/mol. The van der Waals surface area contributed by atoms with Crippen molar-refractivity contribution in [3.63, 3.8) is 0 Å². The highest BCUT2D eigenvalue weighted by molar-refractivity contribution is 5.83. The number of amides is 1. The van der Waals surface area contributed by atoms with Gasteiger partial charge in [0.05, 0.1) is 12.0 Å². The first-order valence-corrected chi connectivity index (χ1v) is 6.74. The van der Waals surface area contributed by atoms with Gasteiger partial charge in [-0.3, -0.25) is 4.79 Å². The second-order valence-electron chi connectivity index (χ2n) is 5.39. The fourth-order valence-corrected chi connectivity index (χ4v) is 2.67. The highest BCUT2D eigenvalue weighted by atomic mass is 16.5. The Bertz CT molecular complexity index is 252. The third kappa shape index (κ3) is 2.99. The zero-order chi connectivity index (χ0) is 12.1. The summed E-state index contributed by atoms with van der Waals surface area (Å²) in [5, 5.41) is 12.3. The Kier molecular flexibility index (Phi) is 4.40. The second kappa shape index (κ2) is 5.83. The Balaban J connectivity index is 1.65. The summed E-state index contributed by atoms with van der Waals surface area (Å²) >= 11 is 0. The summed E-state index contributed by atoms with van der Waals surface area (Å²) in [6.07, 6.45) is 6.01. The first-order chi connectivity index (χ1) is 8.27. The predicted molar refractivity (Wildman–Crippen MR) is 64.5 cm³/mol. The van der Waals surface area contributed by atoms with Gasteiger partial charge in [0.1, 0.15) is 0 Å². The third-order valence-corrected chi connectivity index (χ3v) is 4.27. The summed E-state index contributed by atoms with van der Waals surface area (Å²) in [7, 11) is 0. The van der Waals surface area contributed by atoms with Crippen molar-refractivity contribution in [3.05, 3.63) is 0 Å². The van der Waals surface area contributed by atoms with E-state index in [0.717, 1.165) is 58.3 Å². The van der Waals surface area contributed by atoms with E-state index in [9.17, 15) is 9.90 Å². The van der Waals surface area contributed by atoms with Crippen LogP contribution in [0.5, 0.6) is 0 Å². The number of nitrogens with one attached hydrogen (secondary N) is 1. The molecule has 2 aliphatic rings. The number of aliphatic hydroxyl groups is 1. The molecule has 2 fully saturated rings. The van der Waals surface area contributed by atoms with E-state index >= 15 is 0 Å². The van der Waals surface area contributed by atoms with Gasteiger partial charge in [0.25, 0.3) is 0 Å². The van der Waals surface area contributed by atoms with Gasteiger partial charge < -0.3 is 15.2 Å². The topological polar surface area (TPSA) is 58.6 Å². The van der Waals surface area contributed by atoms with Crippen LogP contribution in [0, 0.1) is 11.3 Å². The number of carbonyl (C=O) groups excluding carboxylic acids is 1. The maximum atomic E-state index is 11.9. The van der Waals surface area contributed by atoms with E-state index < -0.39 is 5.41 Å². The zero-order valence-corrected chi connectivity index (χ0v) is 10.4. The molecular formula is C13H23NO3. The number of carbonyl (C=O) groups is 1. The van der Waals surface area contributed by atoms with E-state index in [1.165, 1.54) is 0 Å². The Labute approximate surface area is 103 Å². The maximum Gasteiger partial charge on any atom is 0.228 e. The number of aliphatic hydroxyl groups excluding tert-OH is 1. The van der Waals surface area contributed by atoms with Crippen LogP contribution in [0.2, 0.25) is 0 Å². The van der Waals surface area contributed by atoms with Gasteiger partial charge in [0.2, 0.25) is 5.91 Å². The maximum absolute atomic E-state index is 11.9. The molecule has 2 rings (SSSR count). The third-order valence-electron chi connectivity index (χ3n) is 4.27. The summed E-state index contributed by atoms with van der Waals surface area (Å²) in [4.78, 5) is 11.9. The number of hydrogen-bond donors (Lipinski definition) is 2. The first kappa shape index (κ1) is 12.8. The van der Waals surface area contributed by atoms with Crippen LogP contribution in [0.1, 0.15) is 38.5 Å². The van der Waals surface area contributed by atoms with Crippen LogP contribution >= 0.6 is 0 Å². The molecule has 0 atom stereocenters. The molecule has 2 N–H and O–H groups in total. The highest BCUT2D eigenvalue weighted by Crippen LogP contribution is 2.40. The molecule has 17 heavy (non-hydrogen) atoms. The quantitative estimate of drug-likeness (QED) is 0.757. The van der Waals surface area contributed by atoms with E-state index in [1.807, 2.05) is 0 Å². The normalized spacial score (nSPS) is 24.1. The van der Waals surface area contributed by atoms with Crippen LogP contribution < -0.4 is 5.32 Å². The minimum Gasteiger partial charge on any atom is -0.395 e. The molecule has 0 spiro atoms. The fraction of sp³-hybridized carbons (Fsp3) is 0.923. The predicted octanol–water partition coefficient (Wildman–Crippen LogP) is 1.08. The Morgan fingerprint density at radius 2 is 2.06 bits per heavy atom. The van der Waals surface area contributed by atoms with Crippen molar-refractivity contribution in [1.29, 1.82) is 0 Å². The van der Waals surface area contributed by atoms with Crippen LogP contribution in [0.25, 0.3) is 0 Å². The lowest BCUT2D eigenvalue weighted by Crippen LogP contribution is -2.48. The SMILES string of the molecule is O=C(NCCC1CCOCC1)C1(CO)CCC1. The minimum atomic E-state index is -0.449. The molecule has 0 unspecified atom stereocenters. The van der Waals surface area contributed by atoms with Crippen molar-refractivity contribution >= 4 is 5.91 Å². The van der Waals surface area contributed by atoms with Gasteiger partial charge in [0.15, 0.2) is 0 Å². The van der Waals surface area contributed by atoms with Crippen molar-refractivity contribution in [1.82, 2.24) is 5.32 Å². The molecule has 0 bridgehead atoms. The van der Waals surface area contributed by atoms with E-state index in [1.54, 1.807) is 0 Å². The van der Waals surface area contributed by atoms with E-state index in [-0.39, 0.29) is 12.5 Å². The molecule has 4 heteroatoms. The van der Waals surface area contributed by atoms with Crippen LogP contribution in [0.15, 0.2) is 0 Å². The zero-order valence-electron chi connectivity index (χ0n) is 10.4. The molecule has 1 heterocycles. The largest absolute Gasteiger partial charge is 0.395 e. The van der Waals surface area contributed by atoms with Gasteiger partial charge in [-0.25, -0.2) is 0 Å². The number of hydrogen-bond acceptors (Lipinski definition) is 3. The minimum absolute atomic E-state index is 0.00387. The van der Waals surface area contributed by atoms with Gasteiger partial charge in [-0.15, -0.1) is 0 Å². The summed E-state index contributed by atoms with van der Waals surface area (Å²) in [5.41, 5.74) is -0.449. The fourth-order valence-electron chi connectivity index (χ4n) is 2.67. The highest BCUT2D eigenvalue weighted by Gasteiger charge is 2.43. The Morgan fingerprint density at radius 3 is 2.59 bits per heavy atom. The van der Waals surface area contributed by atoms with E-state index in [0.29, 0.717) is 5.92 Å². The molecule has 1 amide bonds. The lowest BCUT2D eigenvalue weighted by atomic mass is 9.68. The Hall–Kier alpha value is -0.610. The average molecular weight is 241 g/mol. The molecule has 98 valence electrons. The molecule has 4 nitrogen and oxygen atoms in total. The smallest absolute Gasteiger partial charge is 0.228 e. The van der Waals surface area contributed by atoms with Crippen LogP contribution in [0.3, 0.4) is 0 Å². The summed E-state index contributed by atoms with van der Waals surface area (Å²) in [6, 6.07) is 0. The van der Waals surface area contributed by atoms with Crippen molar-refractivity contribution < 1.29 is 14.6 Å². The van der Waals surface area contributed by atoms with Gasteiger partial charge in [0, 0.05) is 19.8 Å². The van der Waals surface area contributed by atoms with Crippen molar-refractivity contribution in [2.24, 2.45) is 11.3 Å². The average Bonchev–Trinajstić information content (AvgIpc) is 2.30. The molecule has 0 aromatic heterocycles. The van der Waals surface area contributed by atoms with Crippen LogP contribution in [-0.2, 0) is 9.53 Å². The van der Waals surface area contributed by atoms with Crippen molar-refractivity contribution in [2.45, 2.75) is 38.5 Å². The van der Waals surface area contributed by atoms with E-state index in [4.69, 9.17) is 4.74 Å². The van der Waals surface area contributed by atoms with Gasteiger partial charge >= 0.3 is 0 Å². The molecular weight excluding hydrogens is 218 g/mol.